The van der Waals surface area contributed by atoms with Crippen LogP contribution in [0.15, 0.2) is 12.2 Å². The van der Waals surface area contributed by atoms with Gasteiger partial charge in [0.2, 0.25) is 0 Å². The van der Waals surface area contributed by atoms with Gasteiger partial charge >= 0.3 is 0 Å². The van der Waals surface area contributed by atoms with Gasteiger partial charge in [-0.15, -0.1) is 0 Å². The van der Waals surface area contributed by atoms with Crippen molar-refractivity contribution >= 4 is 0 Å². The Morgan fingerprint density at radius 2 is 2.00 bits per heavy atom. The van der Waals surface area contributed by atoms with Gasteiger partial charge in [-0.05, 0) is 32.1 Å². The molecule has 1 aliphatic carbocycles. The second-order valence-corrected chi connectivity index (χ2v) is 3.94. The number of aliphatic hydroxyl groups excluding tert-OH is 1. The van der Waals surface area contributed by atoms with E-state index in [1.165, 1.54) is 6.42 Å². The normalized spacial score (nSPS) is 35.4. The monoisotopic (exact) mass is 170 g/mol. The summed E-state index contributed by atoms with van der Waals surface area (Å²) in [6.07, 6.45) is 3.19. The van der Waals surface area contributed by atoms with Crippen LogP contribution in [-0.4, -0.2) is 11.2 Å². The second kappa shape index (κ2) is 4.66. The molecule has 1 saturated carbocycles. The van der Waals surface area contributed by atoms with Crippen LogP contribution in [-0.2, 0) is 0 Å². The first-order chi connectivity index (χ1) is 5.11. The van der Waals surface area contributed by atoms with Crippen molar-refractivity contribution in [2.45, 2.75) is 46.6 Å². The summed E-state index contributed by atoms with van der Waals surface area (Å²) in [7, 11) is 0. The van der Waals surface area contributed by atoms with Crippen molar-refractivity contribution in [2.24, 2.45) is 11.8 Å². The fourth-order valence-corrected chi connectivity index (χ4v) is 1.93. The second-order valence-electron chi connectivity index (χ2n) is 3.94. The van der Waals surface area contributed by atoms with Gasteiger partial charge in [0.15, 0.2) is 0 Å². The highest BCUT2D eigenvalue weighted by Gasteiger charge is 2.26. The Labute approximate surface area is 76.5 Å². The van der Waals surface area contributed by atoms with Crippen molar-refractivity contribution < 1.29 is 5.11 Å². The molecule has 0 aromatic rings. The van der Waals surface area contributed by atoms with Crippen LogP contribution in [0.5, 0.6) is 0 Å². The fourth-order valence-electron chi connectivity index (χ4n) is 1.93. The molecular weight excluding hydrogens is 148 g/mol. The average molecular weight is 170 g/mol. The topological polar surface area (TPSA) is 20.2 Å². The van der Waals surface area contributed by atoms with Gasteiger partial charge in [0, 0.05) is 5.92 Å². The lowest BCUT2D eigenvalue weighted by Gasteiger charge is -2.31. The minimum absolute atomic E-state index is 0. The van der Waals surface area contributed by atoms with Crippen molar-refractivity contribution in [3.05, 3.63) is 12.2 Å². The molecule has 1 heteroatoms. The first-order valence-corrected chi connectivity index (χ1v) is 4.44. The molecule has 3 atom stereocenters. The first kappa shape index (κ1) is 11.7. The molecule has 0 aliphatic heterocycles. The molecule has 1 fully saturated rings. The van der Waals surface area contributed by atoms with Crippen molar-refractivity contribution in [2.75, 3.05) is 0 Å². The summed E-state index contributed by atoms with van der Waals surface area (Å²) in [5, 5.41) is 9.65. The molecular formula is C11H22O. The van der Waals surface area contributed by atoms with E-state index in [0.717, 1.165) is 18.4 Å². The van der Waals surface area contributed by atoms with E-state index in [0.29, 0.717) is 11.8 Å². The number of hydrogen-bond acceptors (Lipinski definition) is 1. The van der Waals surface area contributed by atoms with Gasteiger partial charge in [0.05, 0.1) is 6.10 Å². The average Bonchev–Trinajstić information content (AvgIpc) is 1.85. The summed E-state index contributed by atoms with van der Waals surface area (Å²) < 4.78 is 0. The number of aliphatic hydroxyl groups is 1. The largest absolute Gasteiger partial charge is 0.392 e. The number of rotatable bonds is 1. The molecule has 0 unspecified atom stereocenters. The highest BCUT2D eigenvalue weighted by Crippen LogP contribution is 2.32. The van der Waals surface area contributed by atoms with E-state index in [1.807, 2.05) is 6.92 Å². The quantitative estimate of drug-likeness (QED) is 0.600. The zero-order valence-electron chi connectivity index (χ0n) is 7.51. The first-order valence-electron chi connectivity index (χ1n) is 4.44. The molecule has 1 nitrogen and oxygen atoms in total. The molecule has 1 aliphatic rings. The molecule has 0 spiro atoms. The molecule has 0 aromatic heterocycles. The molecule has 0 radical (unpaired) electrons. The van der Waals surface area contributed by atoms with E-state index >= 15 is 0 Å². The van der Waals surface area contributed by atoms with Crippen LogP contribution in [0.3, 0.4) is 0 Å². The minimum Gasteiger partial charge on any atom is -0.392 e. The van der Waals surface area contributed by atoms with Crippen LogP contribution in [0.2, 0.25) is 0 Å². The van der Waals surface area contributed by atoms with Crippen LogP contribution in [0.1, 0.15) is 40.5 Å². The van der Waals surface area contributed by atoms with Crippen LogP contribution in [0.25, 0.3) is 0 Å². The molecule has 0 heterocycles. The summed E-state index contributed by atoms with van der Waals surface area (Å²) >= 11 is 0. The summed E-state index contributed by atoms with van der Waals surface area (Å²) in [6, 6.07) is 0. The third kappa shape index (κ3) is 2.63. The maximum Gasteiger partial charge on any atom is 0.0607 e. The van der Waals surface area contributed by atoms with Gasteiger partial charge in [0.25, 0.3) is 0 Å². The Morgan fingerprint density at radius 3 is 2.42 bits per heavy atom. The Hall–Kier alpha value is -0.300. The zero-order chi connectivity index (χ0) is 8.43. The van der Waals surface area contributed by atoms with Gasteiger partial charge in [-0.1, -0.05) is 26.5 Å². The van der Waals surface area contributed by atoms with Crippen molar-refractivity contribution in [1.82, 2.24) is 0 Å². The lowest BCUT2D eigenvalue weighted by molar-refractivity contribution is 0.0656. The highest BCUT2D eigenvalue weighted by molar-refractivity contribution is 5.01. The smallest absolute Gasteiger partial charge is 0.0607 e. The molecule has 0 aromatic carbocycles. The van der Waals surface area contributed by atoms with Crippen molar-refractivity contribution in [3.8, 4) is 0 Å². The van der Waals surface area contributed by atoms with Crippen LogP contribution >= 0.6 is 0 Å². The highest BCUT2D eigenvalue weighted by atomic mass is 16.3. The third-order valence-corrected chi connectivity index (χ3v) is 2.71. The maximum atomic E-state index is 9.65. The van der Waals surface area contributed by atoms with Crippen LogP contribution < -0.4 is 0 Å². The fraction of sp³-hybridized carbons (Fsp3) is 0.818. The standard InChI is InChI=1S/C10H18O.CH4/c1-7(2)9-5-4-8(3)6-10(9)11;/h8-11H,1,4-6H2,2-3H3;1H4/t8-,9+,10-;/m1./s1. The summed E-state index contributed by atoms with van der Waals surface area (Å²) in [5.74, 6) is 1.06. The predicted octanol–water partition coefficient (Wildman–Crippen LogP) is 3.00. The predicted molar refractivity (Wildman–Crippen MR) is 54.1 cm³/mol. The zero-order valence-corrected chi connectivity index (χ0v) is 7.51. The van der Waals surface area contributed by atoms with Crippen LogP contribution in [0.4, 0.5) is 0 Å². The van der Waals surface area contributed by atoms with E-state index < -0.39 is 0 Å². The maximum absolute atomic E-state index is 9.65. The Kier molecular flexibility index (Phi) is 4.54. The minimum atomic E-state index is -0.128. The van der Waals surface area contributed by atoms with Gasteiger partial charge in [-0.3, -0.25) is 0 Å². The van der Waals surface area contributed by atoms with E-state index in [2.05, 4.69) is 13.5 Å². The lowest BCUT2D eigenvalue weighted by atomic mass is 9.78. The van der Waals surface area contributed by atoms with E-state index in [1.54, 1.807) is 0 Å². The number of hydrogen-bond donors (Lipinski definition) is 1. The summed E-state index contributed by atoms with van der Waals surface area (Å²) in [4.78, 5) is 0. The van der Waals surface area contributed by atoms with Gasteiger partial charge in [-0.25, -0.2) is 0 Å². The summed E-state index contributed by atoms with van der Waals surface area (Å²) in [6.45, 7) is 8.12. The third-order valence-electron chi connectivity index (χ3n) is 2.71. The molecule has 72 valence electrons. The van der Waals surface area contributed by atoms with Gasteiger partial charge in [-0.2, -0.15) is 0 Å². The van der Waals surface area contributed by atoms with Gasteiger partial charge in [0.1, 0.15) is 0 Å². The van der Waals surface area contributed by atoms with Crippen molar-refractivity contribution in [3.63, 3.8) is 0 Å². The molecule has 12 heavy (non-hydrogen) atoms. The van der Waals surface area contributed by atoms with Crippen molar-refractivity contribution in [1.29, 1.82) is 0 Å². The molecule has 0 saturated heterocycles. The molecule has 1 N–H and O–H groups in total. The van der Waals surface area contributed by atoms with E-state index in [-0.39, 0.29) is 13.5 Å². The van der Waals surface area contributed by atoms with Gasteiger partial charge < -0.3 is 5.11 Å². The Balaban J connectivity index is 0.00000121. The SMILES string of the molecule is C.C=C(C)[C@@H]1CC[C@@H](C)C[C@H]1O. The van der Waals surface area contributed by atoms with E-state index in [9.17, 15) is 5.11 Å². The molecule has 0 amide bonds. The molecule has 1 rings (SSSR count). The Morgan fingerprint density at radius 1 is 1.42 bits per heavy atom. The molecule has 0 bridgehead atoms. The van der Waals surface area contributed by atoms with E-state index in [4.69, 9.17) is 0 Å². The summed E-state index contributed by atoms with van der Waals surface area (Å²) in [5.41, 5.74) is 1.14. The Bertz CT molecular complexity index is 151. The lowest BCUT2D eigenvalue weighted by Crippen LogP contribution is -2.28. The van der Waals surface area contributed by atoms with Crippen LogP contribution in [0, 0.1) is 11.8 Å².